The number of nitrogens with zero attached hydrogens (tertiary/aromatic N) is 1. The molecule has 25 heavy (non-hydrogen) atoms. The van der Waals surface area contributed by atoms with Crippen molar-refractivity contribution in [1.29, 1.82) is 0 Å². The van der Waals surface area contributed by atoms with E-state index in [4.69, 9.17) is 11.2 Å². The molecule has 2 amide bonds. The van der Waals surface area contributed by atoms with Gasteiger partial charge in [0.1, 0.15) is 5.41 Å². The molecular formula is C19H24N2O4. The average molecular weight is 344 g/mol. The van der Waals surface area contributed by atoms with Gasteiger partial charge in [0.2, 0.25) is 11.8 Å². The smallest absolute Gasteiger partial charge is 0.318 e. The maximum Gasteiger partial charge on any atom is 0.318 e. The van der Waals surface area contributed by atoms with Crippen molar-refractivity contribution in [3.05, 3.63) is 11.3 Å². The Kier molecular flexibility index (Phi) is 4.85. The number of ether oxygens (including phenoxy) is 1. The summed E-state index contributed by atoms with van der Waals surface area (Å²) in [6.45, 7) is 2.85. The molecule has 2 atom stereocenters. The third-order valence-electron chi connectivity index (χ3n) is 5.47. The van der Waals surface area contributed by atoms with Gasteiger partial charge >= 0.3 is 5.97 Å². The number of nitrogens with one attached hydrogen (secondary N) is 1. The van der Waals surface area contributed by atoms with Gasteiger partial charge in [-0.1, -0.05) is 5.92 Å². The van der Waals surface area contributed by atoms with Gasteiger partial charge in [-0.05, 0) is 44.6 Å². The number of esters is 1. The van der Waals surface area contributed by atoms with Crippen LogP contribution in [0.1, 0.15) is 45.4 Å². The molecule has 1 fully saturated rings. The lowest BCUT2D eigenvalue weighted by Crippen LogP contribution is -2.53. The molecular weight excluding hydrogens is 320 g/mol. The Morgan fingerprint density at radius 3 is 2.96 bits per heavy atom. The summed E-state index contributed by atoms with van der Waals surface area (Å²) in [6.07, 6.45) is 8.90. The molecule has 3 rings (SSSR count). The summed E-state index contributed by atoms with van der Waals surface area (Å²) in [7, 11) is 0. The normalized spacial score (nSPS) is 27.6. The van der Waals surface area contributed by atoms with Crippen LogP contribution in [0.2, 0.25) is 0 Å². The molecule has 0 radical (unpaired) electrons. The molecule has 0 bridgehead atoms. The van der Waals surface area contributed by atoms with E-state index in [9.17, 15) is 14.4 Å². The minimum absolute atomic E-state index is 0.0510. The molecule has 0 unspecified atom stereocenters. The van der Waals surface area contributed by atoms with E-state index in [1.54, 1.807) is 11.8 Å². The van der Waals surface area contributed by atoms with Crippen molar-refractivity contribution < 1.29 is 19.1 Å². The van der Waals surface area contributed by atoms with Crippen LogP contribution >= 0.6 is 0 Å². The second-order valence-corrected chi connectivity index (χ2v) is 6.93. The van der Waals surface area contributed by atoms with Crippen molar-refractivity contribution in [2.75, 3.05) is 19.7 Å². The lowest BCUT2D eigenvalue weighted by atomic mass is 9.71. The van der Waals surface area contributed by atoms with E-state index in [1.165, 1.54) is 5.57 Å². The van der Waals surface area contributed by atoms with Gasteiger partial charge in [-0.25, -0.2) is 0 Å². The summed E-state index contributed by atoms with van der Waals surface area (Å²) in [6, 6.07) is 0. The summed E-state index contributed by atoms with van der Waals surface area (Å²) in [5.74, 6) is 1.28. The van der Waals surface area contributed by atoms with Gasteiger partial charge in [0.25, 0.3) is 0 Å². The first-order chi connectivity index (χ1) is 12.0. The summed E-state index contributed by atoms with van der Waals surface area (Å²) < 4.78 is 5.37. The molecule has 6 heteroatoms. The van der Waals surface area contributed by atoms with Crippen molar-refractivity contribution >= 4 is 17.8 Å². The van der Waals surface area contributed by atoms with Crippen LogP contribution in [0.15, 0.2) is 11.3 Å². The second-order valence-electron chi connectivity index (χ2n) is 6.93. The number of hydrogen-bond acceptors (Lipinski definition) is 4. The van der Waals surface area contributed by atoms with Gasteiger partial charge in [-0.3, -0.25) is 14.4 Å². The number of amides is 2. The number of piperidine rings is 1. The van der Waals surface area contributed by atoms with E-state index in [0.717, 1.165) is 25.0 Å². The predicted molar refractivity (Wildman–Crippen MR) is 90.8 cm³/mol. The van der Waals surface area contributed by atoms with E-state index < -0.39 is 11.3 Å². The van der Waals surface area contributed by atoms with Gasteiger partial charge in [0, 0.05) is 24.6 Å². The van der Waals surface area contributed by atoms with Crippen LogP contribution in [0.25, 0.3) is 0 Å². The Morgan fingerprint density at radius 2 is 2.24 bits per heavy atom. The van der Waals surface area contributed by atoms with E-state index >= 15 is 0 Å². The molecule has 134 valence electrons. The van der Waals surface area contributed by atoms with Gasteiger partial charge < -0.3 is 15.0 Å². The van der Waals surface area contributed by atoms with Crippen LogP contribution < -0.4 is 5.32 Å². The van der Waals surface area contributed by atoms with E-state index in [2.05, 4.69) is 11.2 Å². The molecule has 3 aliphatic rings. The summed E-state index contributed by atoms with van der Waals surface area (Å²) in [5, 5.41) is 2.61. The topological polar surface area (TPSA) is 75.7 Å². The van der Waals surface area contributed by atoms with Crippen LogP contribution in [0.4, 0.5) is 0 Å². The van der Waals surface area contributed by atoms with Crippen LogP contribution in [-0.4, -0.2) is 42.4 Å². The number of terminal acetylenes is 1. The molecule has 0 saturated carbocycles. The molecule has 0 spiro atoms. The lowest BCUT2D eigenvalue weighted by molar-refractivity contribution is -0.161. The molecule has 0 aromatic carbocycles. The maximum atomic E-state index is 12.9. The van der Waals surface area contributed by atoms with Gasteiger partial charge in [-0.2, -0.15) is 0 Å². The second kappa shape index (κ2) is 6.91. The lowest BCUT2D eigenvalue weighted by Gasteiger charge is -2.45. The molecule has 2 aliphatic heterocycles. The highest BCUT2D eigenvalue weighted by atomic mass is 16.5. The number of rotatable bonds is 5. The molecule has 0 aromatic rings. The zero-order valence-electron chi connectivity index (χ0n) is 14.6. The van der Waals surface area contributed by atoms with Crippen molar-refractivity contribution in [2.45, 2.75) is 45.4 Å². The summed E-state index contributed by atoms with van der Waals surface area (Å²) in [4.78, 5) is 39.6. The minimum atomic E-state index is -0.767. The number of carbonyl (C=O) groups is 3. The van der Waals surface area contributed by atoms with Gasteiger partial charge in [0.05, 0.1) is 13.2 Å². The van der Waals surface area contributed by atoms with Crippen molar-refractivity contribution in [3.63, 3.8) is 0 Å². The standard InChI is InChI=1S/C19H24N2O4/c1-3-9-20-15(22)11-14-12-19(18(24)25-4-2)8-7-13-6-5-10-21(16(13)19)17(14)23/h1,14H,4-12H2,2H3,(H,20,22)/t14-,19-/m1/s1. The fraction of sp³-hybridized carbons (Fsp3) is 0.632. The first-order valence-electron chi connectivity index (χ1n) is 8.94. The van der Waals surface area contributed by atoms with Crippen molar-refractivity contribution in [3.8, 4) is 12.3 Å². The largest absolute Gasteiger partial charge is 0.465 e. The fourth-order valence-corrected chi connectivity index (χ4v) is 4.50. The van der Waals surface area contributed by atoms with Crippen molar-refractivity contribution in [1.82, 2.24) is 10.2 Å². The molecule has 1 aliphatic carbocycles. The van der Waals surface area contributed by atoms with Crippen LogP contribution in [0, 0.1) is 23.7 Å². The Labute approximate surface area is 148 Å². The molecule has 1 N–H and O–H groups in total. The van der Waals surface area contributed by atoms with Crippen LogP contribution in [-0.2, 0) is 19.1 Å². The van der Waals surface area contributed by atoms with Crippen LogP contribution in [0.3, 0.4) is 0 Å². The quantitative estimate of drug-likeness (QED) is 0.604. The van der Waals surface area contributed by atoms with Gasteiger partial charge in [-0.15, -0.1) is 6.42 Å². The first kappa shape index (κ1) is 17.5. The number of hydrogen-bond donors (Lipinski definition) is 1. The minimum Gasteiger partial charge on any atom is -0.465 e. The predicted octanol–water partition coefficient (Wildman–Crippen LogP) is 1.37. The Bertz CT molecular complexity index is 675. The Hall–Kier alpha value is -2.29. The Balaban J connectivity index is 1.90. The highest BCUT2D eigenvalue weighted by Crippen LogP contribution is 2.55. The highest BCUT2D eigenvalue weighted by molar-refractivity contribution is 5.93. The number of carbonyl (C=O) groups excluding carboxylic acids is 3. The summed E-state index contributed by atoms with van der Waals surface area (Å²) >= 11 is 0. The zero-order chi connectivity index (χ0) is 18.0. The summed E-state index contributed by atoms with van der Waals surface area (Å²) in [5.41, 5.74) is 1.32. The average Bonchev–Trinajstić information content (AvgIpc) is 2.99. The molecule has 2 heterocycles. The van der Waals surface area contributed by atoms with E-state index in [1.807, 2.05) is 0 Å². The van der Waals surface area contributed by atoms with Crippen molar-refractivity contribution in [2.24, 2.45) is 11.3 Å². The van der Waals surface area contributed by atoms with Crippen LogP contribution in [0.5, 0.6) is 0 Å². The fourth-order valence-electron chi connectivity index (χ4n) is 4.50. The zero-order valence-corrected chi connectivity index (χ0v) is 14.6. The van der Waals surface area contributed by atoms with E-state index in [-0.39, 0.29) is 30.7 Å². The first-order valence-corrected chi connectivity index (χ1v) is 8.94. The van der Waals surface area contributed by atoms with E-state index in [0.29, 0.717) is 26.0 Å². The molecule has 0 aromatic heterocycles. The maximum absolute atomic E-state index is 12.9. The van der Waals surface area contributed by atoms with Gasteiger partial charge in [0.15, 0.2) is 0 Å². The highest BCUT2D eigenvalue weighted by Gasteiger charge is 2.57. The number of allylic oxidation sites excluding steroid dienone is 1. The monoisotopic (exact) mass is 344 g/mol. The molecule has 6 nitrogen and oxygen atoms in total. The third kappa shape index (κ3) is 2.92. The molecule has 1 saturated heterocycles. The Morgan fingerprint density at radius 1 is 1.44 bits per heavy atom. The third-order valence-corrected chi connectivity index (χ3v) is 5.47. The SMILES string of the molecule is C#CCNC(=O)C[C@@H]1C[C@]2(C(=O)OCC)CCC3=C2N(CCC3)C1=O.